The van der Waals surface area contributed by atoms with Crippen LogP contribution < -0.4 is 5.32 Å². The Morgan fingerprint density at radius 3 is 2.87 bits per heavy atom. The third kappa shape index (κ3) is 3.20. The standard InChI is InChI=1S/C12H21N3/c1-5-10(2)15(4)9-11-7-6-8-14-12(11)13-3/h6-8,10H,5,9H2,1-4H3,(H,13,14). The lowest BCUT2D eigenvalue weighted by Crippen LogP contribution is -2.28. The van der Waals surface area contributed by atoms with Crippen LogP contribution in [0.4, 0.5) is 5.82 Å². The van der Waals surface area contributed by atoms with Gasteiger partial charge in [0.25, 0.3) is 0 Å². The first-order valence-corrected chi connectivity index (χ1v) is 5.51. The fourth-order valence-corrected chi connectivity index (χ4v) is 1.53. The summed E-state index contributed by atoms with van der Waals surface area (Å²) >= 11 is 0. The molecule has 0 aliphatic heterocycles. The summed E-state index contributed by atoms with van der Waals surface area (Å²) < 4.78 is 0. The van der Waals surface area contributed by atoms with E-state index in [-0.39, 0.29) is 0 Å². The maximum absolute atomic E-state index is 4.30. The quantitative estimate of drug-likeness (QED) is 0.803. The molecule has 0 aliphatic rings. The zero-order valence-corrected chi connectivity index (χ0v) is 10.1. The van der Waals surface area contributed by atoms with Gasteiger partial charge in [-0.2, -0.15) is 0 Å². The lowest BCUT2D eigenvalue weighted by Gasteiger charge is -2.24. The predicted molar refractivity (Wildman–Crippen MR) is 65.0 cm³/mol. The van der Waals surface area contributed by atoms with Crippen molar-refractivity contribution in [1.29, 1.82) is 0 Å². The fraction of sp³-hybridized carbons (Fsp3) is 0.583. The van der Waals surface area contributed by atoms with Crippen LogP contribution in [0.1, 0.15) is 25.8 Å². The summed E-state index contributed by atoms with van der Waals surface area (Å²) in [6.07, 6.45) is 2.99. The summed E-state index contributed by atoms with van der Waals surface area (Å²) in [6, 6.07) is 4.72. The minimum atomic E-state index is 0.606. The topological polar surface area (TPSA) is 28.2 Å². The summed E-state index contributed by atoms with van der Waals surface area (Å²) in [7, 11) is 4.07. The van der Waals surface area contributed by atoms with E-state index in [0.29, 0.717) is 6.04 Å². The maximum Gasteiger partial charge on any atom is 0.130 e. The molecule has 0 radical (unpaired) electrons. The van der Waals surface area contributed by atoms with Crippen LogP contribution in [0, 0.1) is 0 Å². The van der Waals surface area contributed by atoms with Crippen LogP contribution in [0.25, 0.3) is 0 Å². The van der Waals surface area contributed by atoms with Crippen molar-refractivity contribution in [2.24, 2.45) is 0 Å². The number of hydrogen-bond acceptors (Lipinski definition) is 3. The molecule has 1 heterocycles. The Hall–Kier alpha value is -1.09. The van der Waals surface area contributed by atoms with E-state index in [1.807, 2.05) is 19.3 Å². The highest BCUT2D eigenvalue weighted by molar-refractivity contribution is 5.42. The van der Waals surface area contributed by atoms with E-state index in [9.17, 15) is 0 Å². The van der Waals surface area contributed by atoms with Gasteiger partial charge in [0.2, 0.25) is 0 Å². The van der Waals surface area contributed by atoms with E-state index in [0.717, 1.165) is 12.4 Å². The first kappa shape index (κ1) is 12.0. The molecule has 0 saturated heterocycles. The maximum atomic E-state index is 4.30. The molecule has 1 N–H and O–H groups in total. The molecule has 1 atom stereocenters. The van der Waals surface area contributed by atoms with Crippen LogP contribution in [0.5, 0.6) is 0 Å². The smallest absolute Gasteiger partial charge is 0.130 e. The molecule has 1 aromatic heterocycles. The van der Waals surface area contributed by atoms with Gasteiger partial charge in [-0.3, -0.25) is 4.90 Å². The Balaban J connectivity index is 2.71. The van der Waals surface area contributed by atoms with E-state index in [1.54, 1.807) is 0 Å². The molecule has 0 fully saturated rings. The summed E-state index contributed by atoms with van der Waals surface area (Å²) in [5.41, 5.74) is 1.25. The van der Waals surface area contributed by atoms with Gasteiger partial charge in [0.1, 0.15) is 5.82 Å². The lowest BCUT2D eigenvalue weighted by molar-refractivity contribution is 0.244. The van der Waals surface area contributed by atoms with Gasteiger partial charge in [0, 0.05) is 31.4 Å². The minimum absolute atomic E-state index is 0.606. The van der Waals surface area contributed by atoms with E-state index in [4.69, 9.17) is 0 Å². The molecule has 0 aliphatic carbocycles. The Kier molecular flexibility index (Phi) is 4.56. The molecule has 0 spiro atoms. The molecule has 84 valence electrons. The van der Waals surface area contributed by atoms with Gasteiger partial charge >= 0.3 is 0 Å². The van der Waals surface area contributed by atoms with Gasteiger partial charge in [-0.1, -0.05) is 13.0 Å². The highest BCUT2D eigenvalue weighted by Crippen LogP contribution is 2.14. The predicted octanol–water partition coefficient (Wildman–Crippen LogP) is 2.35. The normalized spacial score (nSPS) is 12.9. The number of nitrogens with zero attached hydrogens (tertiary/aromatic N) is 2. The highest BCUT2D eigenvalue weighted by Gasteiger charge is 2.09. The van der Waals surface area contributed by atoms with Crippen molar-refractivity contribution < 1.29 is 0 Å². The number of hydrogen-bond donors (Lipinski definition) is 1. The first-order valence-electron chi connectivity index (χ1n) is 5.51. The molecule has 1 unspecified atom stereocenters. The monoisotopic (exact) mass is 207 g/mol. The van der Waals surface area contributed by atoms with E-state index < -0.39 is 0 Å². The Morgan fingerprint density at radius 1 is 1.53 bits per heavy atom. The Bertz CT molecular complexity index is 299. The average molecular weight is 207 g/mol. The summed E-state index contributed by atoms with van der Waals surface area (Å²) in [5.74, 6) is 0.979. The second-order valence-corrected chi connectivity index (χ2v) is 3.93. The zero-order valence-electron chi connectivity index (χ0n) is 10.1. The van der Waals surface area contributed by atoms with Crippen molar-refractivity contribution in [3.05, 3.63) is 23.9 Å². The fourth-order valence-electron chi connectivity index (χ4n) is 1.53. The van der Waals surface area contributed by atoms with Crippen LogP contribution in [-0.4, -0.2) is 30.0 Å². The molecule has 15 heavy (non-hydrogen) atoms. The van der Waals surface area contributed by atoms with Crippen molar-refractivity contribution in [3.63, 3.8) is 0 Å². The van der Waals surface area contributed by atoms with Gasteiger partial charge < -0.3 is 5.32 Å². The Morgan fingerprint density at radius 2 is 2.27 bits per heavy atom. The molecule has 1 aromatic rings. The largest absolute Gasteiger partial charge is 0.373 e. The molecule has 0 amide bonds. The van der Waals surface area contributed by atoms with Crippen LogP contribution in [0.15, 0.2) is 18.3 Å². The minimum Gasteiger partial charge on any atom is -0.373 e. The number of rotatable bonds is 5. The van der Waals surface area contributed by atoms with Crippen LogP contribution in [0.2, 0.25) is 0 Å². The summed E-state index contributed by atoms with van der Waals surface area (Å²) in [4.78, 5) is 6.64. The summed E-state index contributed by atoms with van der Waals surface area (Å²) in [5, 5.41) is 3.12. The van der Waals surface area contributed by atoms with Crippen molar-refractivity contribution in [3.8, 4) is 0 Å². The Labute approximate surface area is 92.5 Å². The van der Waals surface area contributed by atoms with Crippen molar-refractivity contribution >= 4 is 5.82 Å². The van der Waals surface area contributed by atoms with Crippen molar-refractivity contribution in [2.45, 2.75) is 32.9 Å². The SMILES string of the molecule is CCC(C)N(C)Cc1cccnc1NC. The molecule has 3 heteroatoms. The summed E-state index contributed by atoms with van der Waals surface area (Å²) in [6.45, 7) is 5.40. The second-order valence-electron chi connectivity index (χ2n) is 3.93. The first-order chi connectivity index (χ1) is 7.19. The molecule has 0 saturated carbocycles. The van der Waals surface area contributed by atoms with Gasteiger partial charge in [-0.05, 0) is 26.5 Å². The molecule has 3 nitrogen and oxygen atoms in total. The van der Waals surface area contributed by atoms with E-state index in [2.05, 4.69) is 42.2 Å². The second kappa shape index (κ2) is 5.71. The lowest BCUT2D eigenvalue weighted by atomic mass is 10.2. The van der Waals surface area contributed by atoms with Gasteiger partial charge in [0.15, 0.2) is 0 Å². The van der Waals surface area contributed by atoms with Gasteiger partial charge in [0.05, 0.1) is 0 Å². The highest BCUT2D eigenvalue weighted by atomic mass is 15.1. The van der Waals surface area contributed by atoms with Crippen LogP contribution >= 0.6 is 0 Å². The third-order valence-corrected chi connectivity index (χ3v) is 2.89. The molecule has 0 bridgehead atoms. The number of nitrogens with one attached hydrogen (secondary N) is 1. The number of anilines is 1. The van der Waals surface area contributed by atoms with Crippen molar-refractivity contribution in [1.82, 2.24) is 9.88 Å². The molecule has 0 aromatic carbocycles. The average Bonchev–Trinajstić information content (AvgIpc) is 2.28. The number of aromatic nitrogens is 1. The third-order valence-electron chi connectivity index (χ3n) is 2.89. The molecular formula is C12H21N3. The van der Waals surface area contributed by atoms with Crippen molar-refractivity contribution in [2.75, 3.05) is 19.4 Å². The van der Waals surface area contributed by atoms with Gasteiger partial charge in [-0.15, -0.1) is 0 Å². The zero-order chi connectivity index (χ0) is 11.3. The van der Waals surface area contributed by atoms with E-state index in [1.165, 1.54) is 12.0 Å². The molecular weight excluding hydrogens is 186 g/mol. The molecule has 1 rings (SSSR count). The van der Waals surface area contributed by atoms with Crippen LogP contribution in [0.3, 0.4) is 0 Å². The van der Waals surface area contributed by atoms with Crippen LogP contribution in [-0.2, 0) is 6.54 Å². The van der Waals surface area contributed by atoms with Gasteiger partial charge in [-0.25, -0.2) is 4.98 Å². The van der Waals surface area contributed by atoms with E-state index >= 15 is 0 Å². The number of pyridine rings is 1.